The van der Waals surface area contributed by atoms with E-state index in [0.29, 0.717) is 0 Å². The Hall–Kier alpha value is -1.71. The molecule has 0 atom stereocenters. The zero-order valence-electron chi connectivity index (χ0n) is 9.26. The third-order valence-corrected chi connectivity index (χ3v) is 2.08. The summed E-state index contributed by atoms with van der Waals surface area (Å²) in [5, 5.41) is 2.95. The van der Waals surface area contributed by atoms with E-state index in [4.69, 9.17) is 10.5 Å². The van der Waals surface area contributed by atoms with E-state index in [1.165, 1.54) is 0 Å². The van der Waals surface area contributed by atoms with Gasteiger partial charge in [-0.15, -0.1) is 0 Å². The molecule has 0 fully saturated rings. The Morgan fingerprint density at radius 2 is 2.13 bits per heavy atom. The van der Waals surface area contributed by atoms with Crippen molar-refractivity contribution in [1.29, 1.82) is 0 Å². The van der Waals surface area contributed by atoms with Crippen LogP contribution >= 0.6 is 0 Å². The molecule has 4 nitrogen and oxygen atoms in total. The summed E-state index contributed by atoms with van der Waals surface area (Å²) in [6, 6.07) is 3.95. The number of nitrogens with two attached hydrogens (primary N) is 1. The molecule has 0 saturated carbocycles. The zero-order valence-corrected chi connectivity index (χ0v) is 9.26. The monoisotopic (exact) mass is 208 g/mol. The highest BCUT2D eigenvalue weighted by atomic mass is 16.5. The second-order valence-corrected chi connectivity index (χ2v) is 3.48. The predicted molar refractivity (Wildman–Crippen MR) is 60.2 cm³/mol. The summed E-state index contributed by atoms with van der Waals surface area (Å²) in [7, 11) is 1.60. The minimum atomic E-state index is -0.392. The zero-order chi connectivity index (χ0) is 11.4. The summed E-state index contributed by atoms with van der Waals surface area (Å²) < 4.78 is 5.25. The van der Waals surface area contributed by atoms with Crippen LogP contribution in [0.3, 0.4) is 0 Å². The number of ether oxygens (including phenoxy) is 1. The number of benzene rings is 1. The van der Waals surface area contributed by atoms with Gasteiger partial charge in [-0.1, -0.05) is 6.07 Å². The molecule has 0 unspecified atom stereocenters. The lowest BCUT2D eigenvalue weighted by Crippen LogP contribution is -2.22. The van der Waals surface area contributed by atoms with Crippen LogP contribution in [0.15, 0.2) is 12.1 Å². The molecule has 0 radical (unpaired) electrons. The highest BCUT2D eigenvalue weighted by Crippen LogP contribution is 2.29. The molecule has 3 N–H and O–H groups in total. The number of aryl methyl sites for hydroxylation is 2. The van der Waals surface area contributed by atoms with E-state index in [1.807, 2.05) is 26.0 Å². The van der Waals surface area contributed by atoms with Gasteiger partial charge in [0.15, 0.2) is 0 Å². The van der Waals surface area contributed by atoms with Gasteiger partial charge in [0.1, 0.15) is 5.75 Å². The number of anilines is 1. The Balaban J connectivity index is 2.98. The smallest absolute Gasteiger partial charge is 0.236 e. The van der Waals surface area contributed by atoms with Crippen LogP contribution in [0.2, 0.25) is 0 Å². The first kappa shape index (κ1) is 11.4. The Morgan fingerprint density at radius 3 is 2.67 bits per heavy atom. The van der Waals surface area contributed by atoms with Crippen LogP contribution < -0.4 is 15.8 Å². The van der Waals surface area contributed by atoms with Crippen LogP contribution in [0.4, 0.5) is 5.69 Å². The van der Waals surface area contributed by atoms with E-state index >= 15 is 0 Å². The molecule has 0 bridgehead atoms. The number of carbonyl (C=O) groups excluding carboxylic acids is 1. The van der Waals surface area contributed by atoms with Crippen LogP contribution in [0, 0.1) is 13.8 Å². The van der Waals surface area contributed by atoms with Gasteiger partial charge in [0, 0.05) is 0 Å². The van der Waals surface area contributed by atoms with Gasteiger partial charge in [0.25, 0.3) is 0 Å². The van der Waals surface area contributed by atoms with Gasteiger partial charge >= 0.3 is 0 Å². The van der Waals surface area contributed by atoms with E-state index in [0.717, 1.165) is 22.6 Å². The number of primary amides is 1. The van der Waals surface area contributed by atoms with Gasteiger partial charge in [-0.2, -0.15) is 0 Å². The van der Waals surface area contributed by atoms with Crippen LogP contribution in [0.1, 0.15) is 11.1 Å². The van der Waals surface area contributed by atoms with Crippen molar-refractivity contribution in [3.8, 4) is 5.75 Å². The number of carbonyl (C=O) groups is 1. The van der Waals surface area contributed by atoms with Gasteiger partial charge in [0.05, 0.1) is 19.3 Å². The summed E-state index contributed by atoms with van der Waals surface area (Å²) in [5.74, 6) is 0.359. The van der Waals surface area contributed by atoms with E-state index in [2.05, 4.69) is 5.32 Å². The number of nitrogens with one attached hydrogen (secondary N) is 1. The van der Waals surface area contributed by atoms with Gasteiger partial charge < -0.3 is 15.8 Å². The van der Waals surface area contributed by atoms with Crippen LogP contribution in [0.25, 0.3) is 0 Å². The Morgan fingerprint density at radius 1 is 1.47 bits per heavy atom. The summed E-state index contributed by atoms with van der Waals surface area (Å²) in [4.78, 5) is 10.7. The van der Waals surface area contributed by atoms with E-state index < -0.39 is 5.91 Å². The molecule has 15 heavy (non-hydrogen) atoms. The van der Waals surface area contributed by atoms with Crippen molar-refractivity contribution in [1.82, 2.24) is 0 Å². The average Bonchev–Trinajstić information content (AvgIpc) is 2.13. The normalized spacial score (nSPS) is 9.80. The molecule has 4 heteroatoms. The fourth-order valence-electron chi connectivity index (χ4n) is 1.54. The SMILES string of the molecule is COc1c(C)cc(C)cc1NCC(N)=O. The van der Waals surface area contributed by atoms with Crippen molar-refractivity contribution in [2.24, 2.45) is 5.73 Å². The summed E-state index contributed by atoms with van der Waals surface area (Å²) in [6.45, 7) is 4.06. The largest absolute Gasteiger partial charge is 0.494 e. The Bertz CT molecular complexity index is 375. The molecular weight excluding hydrogens is 192 g/mol. The van der Waals surface area contributed by atoms with Crippen molar-refractivity contribution >= 4 is 11.6 Å². The predicted octanol–water partition coefficient (Wildman–Crippen LogP) is 1.21. The van der Waals surface area contributed by atoms with Crippen molar-refractivity contribution in [3.05, 3.63) is 23.3 Å². The van der Waals surface area contributed by atoms with E-state index in [1.54, 1.807) is 7.11 Å². The first-order chi connectivity index (χ1) is 7.04. The standard InChI is InChI=1S/C11H16N2O2/c1-7-4-8(2)11(15-3)9(5-7)13-6-10(12)14/h4-5,13H,6H2,1-3H3,(H2,12,14). The summed E-state index contributed by atoms with van der Waals surface area (Å²) in [5.41, 5.74) is 8.01. The summed E-state index contributed by atoms with van der Waals surface area (Å²) in [6.07, 6.45) is 0. The highest BCUT2D eigenvalue weighted by molar-refractivity contribution is 5.79. The van der Waals surface area contributed by atoms with Crippen molar-refractivity contribution in [2.45, 2.75) is 13.8 Å². The quantitative estimate of drug-likeness (QED) is 0.781. The van der Waals surface area contributed by atoms with Crippen LogP contribution in [-0.2, 0) is 4.79 Å². The number of rotatable bonds is 4. The fourth-order valence-corrected chi connectivity index (χ4v) is 1.54. The van der Waals surface area contributed by atoms with Crippen molar-refractivity contribution in [3.63, 3.8) is 0 Å². The molecule has 0 aromatic heterocycles. The molecule has 0 heterocycles. The maximum Gasteiger partial charge on any atom is 0.236 e. The van der Waals surface area contributed by atoms with Crippen molar-refractivity contribution < 1.29 is 9.53 Å². The van der Waals surface area contributed by atoms with Gasteiger partial charge in [0.2, 0.25) is 5.91 Å². The maximum atomic E-state index is 10.7. The molecule has 1 aromatic carbocycles. The maximum absolute atomic E-state index is 10.7. The molecule has 0 aliphatic rings. The highest BCUT2D eigenvalue weighted by Gasteiger charge is 2.07. The second kappa shape index (κ2) is 4.68. The molecule has 1 amide bonds. The molecule has 0 aliphatic heterocycles. The topological polar surface area (TPSA) is 64.3 Å². The van der Waals surface area contributed by atoms with E-state index in [-0.39, 0.29) is 6.54 Å². The lowest BCUT2D eigenvalue weighted by Gasteiger charge is -2.13. The molecule has 0 aliphatic carbocycles. The molecule has 82 valence electrons. The molecular formula is C11H16N2O2. The minimum Gasteiger partial charge on any atom is -0.494 e. The van der Waals surface area contributed by atoms with Crippen LogP contribution in [0.5, 0.6) is 5.75 Å². The minimum absolute atomic E-state index is 0.110. The Kier molecular flexibility index (Phi) is 3.55. The van der Waals surface area contributed by atoms with E-state index in [9.17, 15) is 4.79 Å². The summed E-state index contributed by atoms with van der Waals surface area (Å²) >= 11 is 0. The van der Waals surface area contributed by atoms with Crippen LogP contribution in [-0.4, -0.2) is 19.6 Å². The van der Waals surface area contributed by atoms with Crippen molar-refractivity contribution in [2.75, 3.05) is 19.0 Å². The third kappa shape index (κ3) is 2.87. The first-order valence-electron chi connectivity index (χ1n) is 4.72. The van der Waals surface area contributed by atoms with Gasteiger partial charge in [-0.3, -0.25) is 4.79 Å². The Labute approximate surface area is 89.4 Å². The number of methoxy groups -OCH3 is 1. The lowest BCUT2D eigenvalue weighted by molar-refractivity contribution is -0.116. The lowest BCUT2D eigenvalue weighted by atomic mass is 10.1. The molecule has 1 aromatic rings. The van der Waals surface area contributed by atoms with Gasteiger partial charge in [-0.25, -0.2) is 0 Å². The van der Waals surface area contributed by atoms with Gasteiger partial charge in [-0.05, 0) is 31.0 Å². The molecule has 0 spiro atoms. The fraction of sp³-hybridized carbons (Fsp3) is 0.364. The first-order valence-corrected chi connectivity index (χ1v) is 4.72. The number of amides is 1. The second-order valence-electron chi connectivity index (χ2n) is 3.48. The number of hydrogen-bond donors (Lipinski definition) is 2. The molecule has 1 rings (SSSR count). The molecule has 0 saturated heterocycles. The number of hydrogen-bond acceptors (Lipinski definition) is 3. The average molecular weight is 208 g/mol. The third-order valence-electron chi connectivity index (χ3n) is 2.08.